The van der Waals surface area contributed by atoms with E-state index in [1.54, 1.807) is 32.1 Å². The molecule has 0 radical (unpaired) electrons. The van der Waals surface area contributed by atoms with Gasteiger partial charge in [-0.1, -0.05) is 32.1 Å². The molecule has 3 rings (SSSR count). The van der Waals surface area contributed by atoms with Crippen molar-refractivity contribution < 1.29 is 17.9 Å². The quantitative estimate of drug-likeness (QED) is 0.772. The number of alkyl halides is 3. The Morgan fingerprint density at radius 2 is 2.00 bits per heavy atom. The number of aromatic amines is 1. The van der Waals surface area contributed by atoms with Crippen LogP contribution in [0.25, 0.3) is 6.08 Å². The summed E-state index contributed by atoms with van der Waals surface area (Å²) in [6.07, 6.45) is -1.30. The summed E-state index contributed by atoms with van der Waals surface area (Å²) in [6, 6.07) is 5.90. The van der Waals surface area contributed by atoms with Crippen LogP contribution in [0.4, 0.5) is 13.2 Å². The number of rotatable bonds is 3. The summed E-state index contributed by atoms with van der Waals surface area (Å²) >= 11 is 0. The first-order valence-corrected chi connectivity index (χ1v) is 9.06. The van der Waals surface area contributed by atoms with Crippen LogP contribution in [0.1, 0.15) is 48.7 Å². The van der Waals surface area contributed by atoms with Crippen molar-refractivity contribution >= 4 is 6.08 Å². The molecule has 0 saturated heterocycles. The van der Waals surface area contributed by atoms with Crippen LogP contribution in [-0.4, -0.2) is 10.2 Å². The molecular weight excluding hydrogens is 381 g/mol. The molecule has 152 valence electrons. The van der Waals surface area contributed by atoms with Gasteiger partial charge in [-0.15, -0.1) is 0 Å². The van der Waals surface area contributed by atoms with Crippen LogP contribution in [0.5, 0.6) is 5.88 Å². The van der Waals surface area contributed by atoms with Crippen molar-refractivity contribution in [1.29, 1.82) is 5.26 Å². The third-order valence-electron chi connectivity index (χ3n) is 5.24. The van der Waals surface area contributed by atoms with Crippen molar-refractivity contribution in [3.8, 4) is 11.9 Å². The Labute approximate surface area is 166 Å². The Morgan fingerprint density at radius 3 is 2.55 bits per heavy atom. The molecule has 0 spiro atoms. The van der Waals surface area contributed by atoms with Gasteiger partial charge < -0.3 is 10.5 Å². The summed E-state index contributed by atoms with van der Waals surface area (Å²) in [5.74, 6) is -0.239. The fraction of sp³-hybridized carbons (Fsp3) is 0.333. The van der Waals surface area contributed by atoms with Crippen molar-refractivity contribution in [3.05, 3.63) is 63.7 Å². The highest BCUT2D eigenvalue weighted by molar-refractivity contribution is 5.64. The van der Waals surface area contributed by atoms with Crippen LogP contribution in [0.2, 0.25) is 0 Å². The van der Waals surface area contributed by atoms with Crippen LogP contribution in [0.3, 0.4) is 0 Å². The number of H-pyrrole nitrogens is 1. The first-order valence-electron chi connectivity index (χ1n) is 9.06. The molecule has 2 heterocycles. The maximum absolute atomic E-state index is 13.7. The third-order valence-corrected chi connectivity index (χ3v) is 5.24. The van der Waals surface area contributed by atoms with E-state index in [2.05, 4.69) is 16.3 Å². The molecule has 2 aromatic rings. The number of aromatic nitrogens is 2. The largest absolute Gasteiger partial charge is 0.422 e. The lowest BCUT2D eigenvalue weighted by molar-refractivity contribution is -0.137. The lowest BCUT2D eigenvalue weighted by Gasteiger charge is -2.41. The molecule has 1 atom stereocenters. The number of hydrogen-bond acceptors (Lipinski definition) is 4. The monoisotopic (exact) mass is 402 g/mol. The Kier molecular flexibility index (Phi) is 4.95. The molecule has 0 fully saturated rings. The smallest absolute Gasteiger partial charge is 0.416 e. The number of nitrogens with zero attached hydrogens (tertiary/aromatic N) is 2. The van der Waals surface area contributed by atoms with Gasteiger partial charge in [0.1, 0.15) is 11.6 Å². The van der Waals surface area contributed by atoms with Crippen LogP contribution < -0.4 is 10.5 Å². The molecule has 0 aliphatic carbocycles. The molecule has 1 aliphatic heterocycles. The minimum Gasteiger partial charge on any atom is -0.422 e. The fourth-order valence-corrected chi connectivity index (χ4v) is 4.10. The zero-order valence-corrected chi connectivity index (χ0v) is 16.5. The molecule has 1 aromatic heterocycles. The second-order valence-corrected chi connectivity index (χ2v) is 7.27. The van der Waals surface area contributed by atoms with E-state index in [9.17, 15) is 18.4 Å². The van der Waals surface area contributed by atoms with Gasteiger partial charge in [-0.3, -0.25) is 0 Å². The van der Waals surface area contributed by atoms with E-state index < -0.39 is 17.2 Å². The van der Waals surface area contributed by atoms with Gasteiger partial charge in [0.05, 0.1) is 22.2 Å². The van der Waals surface area contributed by atoms with Gasteiger partial charge in [0.25, 0.3) is 0 Å². The minimum absolute atomic E-state index is 0.0650. The summed E-state index contributed by atoms with van der Waals surface area (Å²) in [4.78, 5) is 0. The number of nitrogens with one attached hydrogen (secondary N) is 1. The fourth-order valence-electron chi connectivity index (χ4n) is 4.10. The van der Waals surface area contributed by atoms with E-state index in [4.69, 9.17) is 10.5 Å². The van der Waals surface area contributed by atoms with Crippen molar-refractivity contribution in [2.45, 2.75) is 39.3 Å². The summed E-state index contributed by atoms with van der Waals surface area (Å²) in [6.45, 7) is 7.11. The average Bonchev–Trinajstić information content (AvgIpc) is 3.00. The van der Waals surface area contributed by atoms with E-state index in [1.807, 2.05) is 13.8 Å². The van der Waals surface area contributed by atoms with E-state index in [0.717, 1.165) is 12.1 Å². The van der Waals surface area contributed by atoms with Crippen LogP contribution in [-0.2, 0) is 11.6 Å². The molecule has 29 heavy (non-hydrogen) atoms. The van der Waals surface area contributed by atoms with Crippen LogP contribution in [0.15, 0.2) is 35.7 Å². The summed E-state index contributed by atoms with van der Waals surface area (Å²) in [7, 11) is 0. The zero-order valence-electron chi connectivity index (χ0n) is 16.5. The lowest BCUT2D eigenvalue weighted by atomic mass is 9.61. The Hall–Kier alpha value is -3.21. The summed E-state index contributed by atoms with van der Waals surface area (Å²) in [5, 5.41) is 16.8. The number of nitriles is 1. The molecular formula is C21H21F3N4O. The van der Waals surface area contributed by atoms with Crippen molar-refractivity contribution in [1.82, 2.24) is 10.2 Å². The number of nitrogens with two attached hydrogens (primary N) is 1. The predicted molar refractivity (Wildman–Crippen MR) is 103 cm³/mol. The van der Waals surface area contributed by atoms with Gasteiger partial charge in [0.2, 0.25) is 11.8 Å². The number of hydrogen-bond donors (Lipinski definition) is 2. The molecule has 5 nitrogen and oxygen atoms in total. The van der Waals surface area contributed by atoms with E-state index in [1.165, 1.54) is 0 Å². The second-order valence-electron chi connectivity index (χ2n) is 7.27. The van der Waals surface area contributed by atoms with Crippen molar-refractivity contribution in [2.75, 3.05) is 0 Å². The molecule has 1 unspecified atom stereocenters. The maximum atomic E-state index is 13.7. The van der Waals surface area contributed by atoms with Crippen LogP contribution >= 0.6 is 0 Å². The van der Waals surface area contributed by atoms with Crippen LogP contribution in [0, 0.1) is 24.2 Å². The number of fused-ring (bicyclic) bond motifs is 1. The summed E-state index contributed by atoms with van der Waals surface area (Å²) in [5.41, 5.74) is 5.78. The molecule has 0 saturated carbocycles. The first kappa shape index (κ1) is 20.5. The van der Waals surface area contributed by atoms with Gasteiger partial charge in [0.15, 0.2) is 0 Å². The Bertz CT molecular complexity index is 1060. The standard InChI is InChI=1S/C21H21F3N4O/c1-5-6-13-7-14(9-15(8-13)21(22,23)24)20(11(2)3)16(10-25)18(26)29-19-17(20)12(4)27-28-19/h5-9,11H,26H2,1-4H3,(H,27,28). The normalized spacial score (nSPS) is 19.4. The van der Waals surface area contributed by atoms with E-state index in [0.29, 0.717) is 22.4 Å². The first-order chi connectivity index (χ1) is 13.6. The Balaban J connectivity index is 2.49. The van der Waals surface area contributed by atoms with Crippen molar-refractivity contribution in [3.63, 3.8) is 0 Å². The maximum Gasteiger partial charge on any atom is 0.416 e. The topological polar surface area (TPSA) is 87.7 Å². The van der Waals surface area contributed by atoms with E-state index >= 15 is 0 Å². The minimum atomic E-state index is -4.55. The number of allylic oxidation sites excluding steroid dienone is 2. The Morgan fingerprint density at radius 1 is 1.31 bits per heavy atom. The SMILES string of the molecule is CC=Cc1cc(C(F)(F)F)cc(C2(C(C)C)C(C#N)=C(N)Oc3[nH]nc(C)c32)c1. The van der Waals surface area contributed by atoms with Gasteiger partial charge >= 0.3 is 6.18 Å². The highest BCUT2D eigenvalue weighted by atomic mass is 19.4. The molecule has 1 aromatic carbocycles. The molecule has 8 heteroatoms. The molecule has 0 amide bonds. The van der Waals surface area contributed by atoms with Gasteiger partial charge in [-0.2, -0.15) is 23.5 Å². The van der Waals surface area contributed by atoms with E-state index in [-0.39, 0.29) is 23.3 Å². The van der Waals surface area contributed by atoms with Gasteiger partial charge in [0, 0.05) is 0 Å². The third kappa shape index (κ3) is 3.07. The number of halogens is 3. The highest BCUT2D eigenvalue weighted by Gasteiger charge is 2.51. The highest BCUT2D eigenvalue weighted by Crippen LogP contribution is 2.53. The number of aryl methyl sites for hydroxylation is 1. The molecule has 1 aliphatic rings. The van der Waals surface area contributed by atoms with Gasteiger partial charge in [-0.25, -0.2) is 5.10 Å². The number of ether oxygens (including phenoxy) is 1. The molecule has 0 bridgehead atoms. The number of benzene rings is 1. The summed E-state index contributed by atoms with van der Waals surface area (Å²) < 4.78 is 46.6. The lowest BCUT2D eigenvalue weighted by Crippen LogP contribution is -2.41. The molecule has 3 N–H and O–H groups in total. The van der Waals surface area contributed by atoms with Gasteiger partial charge in [-0.05, 0) is 43.0 Å². The zero-order chi connectivity index (χ0) is 21.6. The second kappa shape index (κ2) is 6.99. The average molecular weight is 402 g/mol. The van der Waals surface area contributed by atoms with Crippen molar-refractivity contribution in [2.24, 2.45) is 11.7 Å². The predicted octanol–water partition coefficient (Wildman–Crippen LogP) is 4.80.